The van der Waals surface area contributed by atoms with E-state index in [1.807, 2.05) is 37.3 Å². The Labute approximate surface area is 103 Å². The minimum atomic E-state index is 0.0866. The van der Waals surface area contributed by atoms with E-state index in [1.54, 1.807) is 11.9 Å². The standard InChI is InChI=1S/C13H20N2O2/c1-3-14-11-13(16)15(2)9-10-17-12-7-5-4-6-8-12/h4-8,14H,3,9-11H2,1-2H3. The first kappa shape index (κ1) is 13.5. The van der Waals surface area contributed by atoms with Crippen molar-refractivity contribution in [1.82, 2.24) is 10.2 Å². The number of nitrogens with one attached hydrogen (secondary N) is 1. The molecule has 0 aliphatic heterocycles. The molecule has 1 amide bonds. The summed E-state index contributed by atoms with van der Waals surface area (Å²) in [6, 6.07) is 9.60. The summed E-state index contributed by atoms with van der Waals surface area (Å²) in [5, 5.41) is 3.01. The van der Waals surface area contributed by atoms with Crippen molar-refractivity contribution >= 4 is 5.91 Å². The lowest BCUT2D eigenvalue weighted by Gasteiger charge is -2.17. The number of carbonyl (C=O) groups is 1. The van der Waals surface area contributed by atoms with Crippen molar-refractivity contribution in [2.75, 3.05) is 33.3 Å². The molecule has 0 radical (unpaired) electrons. The predicted octanol–water partition coefficient (Wildman–Crippen LogP) is 1.13. The number of hydrogen-bond donors (Lipinski definition) is 1. The SMILES string of the molecule is CCNCC(=O)N(C)CCOc1ccccc1. The molecule has 4 heteroatoms. The van der Waals surface area contributed by atoms with Crippen molar-refractivity contribution in [2.45, 2.75) is 6.92 Å². The van der Waals surface area contributed by atoms with Crippen LogP contribution in [0.2, 0.25) is 0 Å². The average Bonchev–Trinajstić information content (AvgIpc) is 2.37. The number of amides is 1. The molecule has 0 aromatic heterocycles. The summed E-state index contributed by atoms with van der Waals surface area (Å²) in [6.45, 7) is 4.28. The van der Waals surface area contributed by atoms with Gasteiger partial charge in [0.1, 0.15) is 12.4 Å². The number of carbonyl (C=O) groups excluding carboxylic acids is 1. The van der Waals surface area contributed by atoms with Gasteiger partial charge in [-0.25, -0.2) is 0 Å². The molecular formula is C13H20N2O2. The maximum absolute atomic E-state index is 11.6. The van der Waals surface area contributed by atoms with Crippen molar-refractivity contribution in [1.29, 1.82) is 0 Å². The van der Waals surface area contributed by atoms with E-state index in [-0.39, 0.29) is 5.91 Å². The highest BCUT2D eigenvalue weighted by Crippen LogP contribution is 2.07. The molecule has 1 aromatic carbocycles. The number of benzene rings is 1. The van der Waals surface area contributed by atoms with Crippen LogP contribution in [0.4, 0.5) is 0 Å². The summed E-state index contributed by atoms with van der Waals surface area (Å²) in [5.41, 5.74) is 0. The third-order valence-electron chi connectivity index (χ3n) is 2.39. The number of rotatable bonds is 7. The molecule has 4 nitrogen and oxygen atoms in total. The zero-order valence-corrected chi connectivity index (χ0v) is 10.5. The van der Waals surface area contributed by atoms with Crippen LogP contribution in [0, 0.1) is 0 Å². The van der Waals surface area contributed by atoms with E-state index in [0.29, 0.717) is 19.7 Å². The van der Waals surface area contributed by atoms with Crippen molar-refractivity contribution < 1.29 is 9.53 Å². The van der Waals surface area contributed by atoms with E-state index in [4.69, 9.17) is 4.74 Å². The predicted molar refractivity (Wildman–Crippen MR) is 68.1 cm³/mol. The highest BCUT2D eigenvalue weighted by atomic mass is 16.5. The summed E-state index contributed by atoms with van der Waals surface area (Å²) in [5.74, 6) is 0.920. The molecule has 1 rings (SSSR count). The summed E-state index contributed by atoms with van der Waals surface area (Å²) in [6.07, 6.45) is 0. The molecule has 0 atom stereocenters. The topological polar surface area (TPSA) is 41.6 Å². The number of hydrogen-bond acceptors (Lipinski definition) is 3. The van der Waals surface area contributed by atoms with E-state index in [1.165, 1.54) is 0 Å². The molecule has 94 valence electrons. The molecule has 1 N–H and O–H groups in total. The van der Waals surface area contributed by atoms with Gasteiger partial charge in [-0.15, -0.1) is 0 Å². The second-order valence-electron chi connectivity index (χ2n) is 3.76. The monoisotopic (exact) mass is 236 g/mol. The Hall–Kier alpha value is -1.55. The lowest BCUT2D eigenvalue weighted by Crippen LogP contribution is -2.37. The first-order valence-electron chi connectivity index (χ1n) is 5.86. The third-order valence-corrected chi connectivity index (χ3v) is 2.39. The van der Waals surface area contributed by atoms with Crippen LogP contribution >= 0.6 is 0 Å². The fraction of sp³-hybridized carbons (Fsp3) is 0.462. The second kappa shape index (κ2) is 7.68. The van der Waals surface area contributed by atoms with Gasteiger partial charge in [0.05, 0.1) is 13.1 Å². The van der Waals surface area contributed by atoms with Crippen LogP contribution in [0.1, 0.15) is 6.92 Å². The Balaban J connectivity index is 2.20. The quantitative estimate of drug-likeness (QED) is 0.771. The largest absolute Gasteiger partial charge is 0.492 e. The highest BCUT2D eigenvalue weighted by molar-refractivity contribution is 5.77. The van der Waals surface area contributed by atoms with Crippen molar-refractivity contribution in [2.24, 2.45) is 0 Å². The summed E-state index contributed by atoms with van der Waals surface area (Å²) >= 11 is 0. The Morgan fingerprint density at radius 1 is 1.35 bits per heavy atom. The van der Waals surface area contributed by atoms with Gasteiger partial charge in [-0.1, -0.05) is 25.1 Å². The number of para-hydroxylation sites is 1. The van der Waals surface area contributed by atoms with E-state index in [2.05, 4.69) is 5.32 Å². The zero-order valence-electron chi connectivity index (χ0n) is 10.5. The van der Waals surface area contributed by atoms with Gasteiger partial charge in [0.2, 0.25) is 5.91 Å². The van der Waals surface area contributed by atoms with Crippen molar-refractivity contribution in [3.63, 3.8) is 0 Å². The number of ether oxygens (including phenoxy) is 1. The smallest absolute Gasteiger partial charge is 0.236 e. The van der Waals surface area contributed by atoms with E-state index < -0.39 is 0 Å². The van der Waals surface area contributed by atoms with Crippen LogP contribution in [0.3, 0.4) is 0 Å². The Kier molecular flexibility index (Phi) is 6.10. The number of nitrogens with zero attached hydrogens (tertiary/aromatic N) is 1. The van der Waals surface area contributed by atoms with Gasteiger partial charge in [-0.3, -0.25) is 4.79 Å². The molecule has 0 spiro atoms. The highest BCUT2D eigenvalue weighted by Gasteiger charge is 2.07. The average molecular weight is 236 g/mol. The van der Waals surface area contributed by atoms with Crippen LogP contribution in [0.15, 0.2) is 30.3 Å². The number of likely N-dealkylation sites (N-methyl/N-ethyl adjacent to an activating group) is 2. The fourth-order valence-corrected chi connectivity index (χ4v) is 1.31. The third kappa shape index (κ3) is 5.36. The lowest BCUT2D eigenvalue weighted by atomic mass is 10.3. The molecule has 0 unspecified atom stereocenters. The Morgan fingerprint density at radius 3 is 2.71 bits per heavy atom. The molecule has 0 heterocycles. The van der Waals surface area contributed by atoms with Gasteiger partial charge in [-0.05, 0) is 18.7 Å². The van der Waals surface area contributed by atoms with Gasteiger partial charge in [0.15, 0.2) is 0 Å². The second-order valence-corrected chi connectivity index (χ2v) is 3.76. The van der Waals surface area contributed by atoms with Gasteiger partial charge in [0, 0.05) is 7.05 Å². The van der Waals surface area contributed by atoms with Crippen molar-refractivity contribution in [3.05, 3.63) is 30.3 Å². The van der Waals surface area contributed by atoms with Gasteiger partial charge >= 0.3 is 0 Å². The van der Waals surface area contributed by atoms with Gasteiger partial charge < -0.3 is 15.0 Å². The molecule has 17 heavy (non-hydrogen) atoms. The maximum Gasteiger partial charge on any atom is 0.236 e. The molecular weight excluding hydrogens is 216 g/mol. The maximum atomic E-state index is 11.6. The summed E-state index contributed by atoms with van der Waals surface area (Å²) in [4.78, 5) is 13.2. The van der Waals surface area contributed by atoms with Crippen LogP contribution in [0.5, 0.6) is 5.75 Å². The molecule has 0 aliphatic rings. The Bertz CT molecular complexity index is 327. The van der Waals surface area contributed by atoms with Crippen LogP contribution < -0.4 is 10.1 Å². The molecule has 0 aliphatic carbocycles. The normalized spacial score (nSPS) is 10.0. The molecule has 0 saturated carbocycles. The minimum absolute atomic E-state index is 0.0866. The van der Waals surface area contributed by atoms with E-state index >= 15 is 0 Å². The van der Waals surface area contributed by atoms with Gasteiger partial charge in [0.25, 0.3) is 0 Å². The molecule has 0 bridgehead atoms. The van der Waals surface area contributed by atoms with E-state index in [0.717, 1.165) is 12.3 Å². The van der Waals surface area contributed by atoms with Crippen LogP contribution in [0.25, 0.3) is 0 Å². The Morgan fingerprint density at radius 2 is 2.06 bits per heavy atom. The van der Waals surface area contributed by atoms with Crippen molar-refractivity contribution in [3.8, 4) is 5.75 Å². The van der Waals surface area contributed by atoms with Crippen LogP contribution in [-0.2, 0) is 4.79 Å². The summed E-state index contributed by atoms with van der Waals surface area (Å²) in [7, 11) is 1.79. The van der Waals surface area contributed by atoms with E-state index in [9.17, 15) is 4.79 Å². The fourth-order valence-electron chi connectivity index (χ4n) is 1.31. The molecule has 0 saturated heterocycles. The first-order chi connectivity index (χ1) is 8.24. The molecule has 0 fully saturated rings. The first-order valence-corrected chi connectivity index (χ1v) is 5.86. The zero-order chi connectivity index (χ0) is 12.5. The molecule has 1 aromatic rings. The van der Waals surface area contributed by atoms with Crippen LogP contribution in [-0.4, -0.2) is 44.1 Å². The minimum Gasteiger partial charge on any atom is -0.492 e. The van der Waals surface area contributed by atoms with Gasteiger partial charge in [-0.2, -0.15) is 0 Å². The lowest BCUT2D eigenvalue weighted by molar-refractivity contribution is -0.129. The summed E-state index contributed by atoms with van der Waals surface area (Å²) < 4.78 is 5.52.